The molecule has 0 atom stereocenters. The number of aromatic nitrogens is 1. The molecule has 2 aromatic carbocycles. The lowest BCUT2D eigenvalue weighted by atomic mass is 10.0. The third-order valence-electron chi connectivity index (χ3n) is 3.46. The van der Waals surface area contributed by atoms with Crippen LogP contribution in [0.5, 0.6) is 0 Å². The average Bonchev–Trinajstić information content (AvgIpc) is 2.62. The second-order valence-electron chi connectivity index (χ2n) is 4.99. The molecule has 1 aromatic heterocycles. The summed E-state index contributed by atoms with van der Waals surface area (Å²) >= 11 is 5.94. The lowest BCUT2D eigenvalue weighted by molar-refractivity contribution is 0.0600. The fourth-order valence-electron chi connectivity index (χ4n) is 2.29. The summed E-state index contributed by atoms with van der Waals surface area (Å²) in [5, 5.41) is 0.654. The number of benzene rings is 2. The zero-order valence-corrected chi connectivity index (χ0v) is 13.2. The van der Waals surface area contributed by atoms with E-state index in [0.29, 0.717) is 16.3 Å². The summed E-state index contributed by atoms with van der Waals surface area (Å²) in [5.74, 6) is -0.389. The summed E-state index contributed by atoms with van der Waals surface area (Å²) in [5.41, 5.74) is 3.71. The monoisotopic (exact) mass is 323 g/mol. The molecule has 0 aliphatic carbocycles. The molecule has 3 rings (SSSR count). The standard InChI is InChI=1S/C19H14ClNO2/c1-23-19(22)15-11-17(13-5-3-2-4-6-13)21-18(12-15)14-7-9-16(20)10-8-14/h2-12H,1H3. The summed E-state index contributed by atoms with van der Waals surface area (Å²) in [6.45, 7) is 0. The smallest absolute Gasteiger partial charge is 0.338 e. The van der Waals surface area contributed by atoms with Gasteiger partial charge in [-0.2, -0.15) is 0 Å². The van der Waals surface area contributed by atoms with Crippen molar-refractivity contribution < 1.29 is 9.53 Å². The van der Waals surface area contributed by atoms with E-state index in [9.17, 15) is 4.79 Å². The lowest BCUT2D eigenvalue weighted by Gasteiger charge is -2.09. The van der Waals surface area contributed by atoms with Gasteiger partial charge in [-0.1, -0.05) is 54.1 Å². The fraction of sp³-hybridized carbons (Fsp3) is 0.0526. The predicted molar refractivity (Wildman–Crippen MR) is 91.5 cm³/mol. The number of ether oxygens (including phenoxy) is 1. The number of hydrogen-bond acceptors (Lipinski definition) is 3. The number of rotatable bonds is 3. The Labute approximate surface area is 139 Å². The summed E-state index contributed by atoms with van der Waals surface area (Å²) in [4.78, 5) is 16.6. The molecule has 0 unspecified atom stereocenters. The maximum absolute atomic E-state index is 12.0. The second kappa shape index (κ2) is 6.63. The van der Waals surface area contributed by atoms with Crippen molar-refractivity contribution in [2.24, 2.45) is 0 Å². The van der Waals surface area contributed by atoms with Gasteiger partial charge in [0.1, 0.15) is 0 Å². The number of halogens is 1. The van der Waals surface area contributed by atoms with E-state index in [2.05, 4.69) is 4.98 Å². The molecule has 0 fully saturated rings. The molecule has 1 heterocycles. The van der Waals surface area contributed by atoms with Gasteiger partial charge in [0.2, 0.25) is 0 Å². The van der Waals surface area contributed by atoms with E-state index in [1.54, 1.807) is 24.3 Å². The molecule has 0 bridgehead atoms. The van der Waals surface area contributed by atoms with Gasteiger partial charge in [0.15, 0.2) is 0 Å². The Hall–Kier alpha value is -2.65. The van der Waals surface area contributed by atoms with Crippen molar-refractivity contribution in [1.29, 1.82) is 0 Å². The Morgan fingerprint density at radius 1 is 0.913 bits per heavy atom. The zero-order chi connectivity index (χ0) is 16.2. The molecule has 3 nitrogen and oxygen atoms in total. The van der Waals surface area contributed by atoms with Crippen LogP contribution in [0, 0.1) is 0 Å². The minimum Gasteiger partial charge on any atom is -0.465 e. The SMILES string of the molecule is COC(=O)c1cc(-c2ccccc2)nc(-c2ccc(Cl)cc2)c1. The van der Waals surface area contributed by atoms with E-state index in [1.165, 1.54) is 7.11 Å². The maximum Gasteiger partial charge on any atom is 0.338 e. The molecule has 0 saturated carbocycles. The summed E-state index contributed by atoms with van der Waals surface area (Å²) in [7, 11) is 1.37. The van der Waals surface area contributed by atoms with Crippen LogP contribution >= 0.6 is 11.6 Å². The van der Waals surface area contributed by atoms with Crippen LogP contribution in [0.25, 0.3) is 22.5 Å². The maximum atomic E-state index is 12.0. The van der Waals surface area contributed by atoms with E-state index in [4.69, 9.17) is 16.3 Å². The van der Waals surface area contributed by atoms with E-state index >= 15 is 0 Å². The number of nitrogens with zero attached hydrogens (tertiary/aromatic N) is 1. The van der Waals surface area contributed by atoms with Crippen LogP contribution in [0.3, 0.4) is 0 Å². The average molecular weight is 324 g/mol. The Bertz CT molecular complexity index is 830. The number of esters is 1. The van der Waals surface area contributed by atoms with E-state index in [0.717, 1.165) is 16.8 Å². The number of methoxy groups -OCH3 is 1. The topological polar surface area (TPSA) is 39.2 Å². The quantitative estimate of drug-likeness (QED) is 0.646. The van der Waals surface area contributed by atoms with Crippen molar-refractivity contribution in [3.05, 3.63) is 77.3 Å². The molecule has 0 radical (unpaired) electrons. The first-order valence-corrected chi connectivity index (χ1v) is 7.47. The fourth-order valence-corrected chi connectivity index (χ4v) is 2.42. The highest BCUT2D eigenvalue weighted by Crippen LogP contribution is 2.26. The van der Waals surface area contributed by atoms with Gasteiger partial charge >= 0.3 is 5.97 Å². The molecule has 4 heteroatoms. The minimum absolute atomic E-state index is 0.389. The molecule has 0 aliphatic rings. The molecule has 0 amide bonds. The largest absolute Gasteiger partial charge is 0.465 e. The molecular formula is C19H14ClNO2. The van der Waals surface area contributed by atoms with E-state index in [-0.39, 0.29) is 5.97 Å². The highest BCUT2D eigenvalue weighted by Gasteiger charge is 2.12. The zero-order valence-electron chi connectivity index (χ0n) is 12.5. The van der Waals surface area contributed by atoms with Crippen molar-refractivity contribution in [3.63, 3.8) is 0 Å². The van der Waals surface area contributed by atoms with Gasteiger partial charge in [-0.15, -0.1) is 0 Å². The molecule has 0 aliphatic heterocycles. The number of carbonyl (C=O) groups is 1. The highest BCUT2D eigenvalue weighted by atomic mass is 35.5. The van der Waals surface area contributed by atoms with Crippen LogP contribution < -0.4 is 0 Å². The van der Waals surface area contributed by atoms with Crippen molar-refractivity contribution >= 4 is 17.6 Å². The van der Waals surface area contributed by atoms with Crippen LogP contribution in [-0.4, -0.2) is 18.1 Å². The third kappa shape index (κ3) is 3.41. The Morgan fingerprint density at radius 3 is 2.04 bits per heavy atom. The summed E-state index contributed by atoms with van der Waals surface area (Å²) < 4.78 is 4.85. The lowest BCUT2D eigenvalue weighted by Crippen LogP contribution is -2.03. The van der Waals surface area contributed by atoms with E-state index < -0.39 is 0 Å². The van der Waals surface area contributed by atoms with Gasteiger partial charge in [0.05, 0.1) is 24.1 Å². The van der Waals surface area contributed by atoms with Crippen LogP contribution in [0.4, 0.5) is 0 Å². The number of carbonyl (C=O) groups excluding carboxylic acids is 1. The number of pyridine rings is 1. The van der Waals surface area contributed by atoms with Gasteiger partial charge in [0.25, 0.3) is 0 Å². The van der Waals surface area contributed by atoms with Crippen LogP contribution in [0.1, 0.15) is 10.4 Å². The van der Waals surface area contributed by atoms with Crippen molar-refractivity contribution in [2.45, 2.75) is 0 Å². The molecule has 0 N–H and O–H groups in total. The van der Waals surface area contributed by atoms with Gasteiger partial charge in [0, 0.05) is 16.1 Å². The molecule has 23 heavy (non-hydrogen) atoms. The van der Waals surface area contributed by atoms with Gasteiger partial charge in [-0.3, -0.25) is 0 Å². The minimum atomic E-state index is -0.389. The van der Waals surface area contributed by atoms with Crippen LogP contribution in [0.2, 0.25) is 5.02 Å². The van der Waals surface area contributed by atoms with E-state index in [1.807, 2.05) is 42.5 Å². The van der Waals surface area contributed by atoms with Crippen LogP contribution in [0.15, 0.2) is 66.7 Å². The summed E-state index contributed by atoms with van der Waals surface area (Å²) in [6, 6.07) is 20.5. The first kappa shape index (κ1) is 15.3. The molecule has 0 saturated heterocycles. The Kier molecular flexibility index (Phi) is 4.40. The van der Waals surface area contributed by atoms with Gasteiger partial charge < -0.3 is 4.74 Å². The van der Waals surface area contributed by atoms with Crippen molar-refractivity contribution in [3.8, 4) is 22.5 Å². The van der Waals surface area contributed by atoms with Crippen molar-refractivity contribution in [2.75, 3.05) is 7.11 Å². The van der Waals surface area contributed by atoms with Crippen LogP contribution in [-0.2, 0) is 4.74 Å². The Balaban J connectivity index is 2.15. The number of hydrogen-bond donors (Lipinski definition) is 0. The molecule has 0 spiro atoms. The molecule has 114 valence electrons. The van der Waals surface area contributed by atoms with Gasteiger partial charge in [-0.25, -0.2) is 9.78 Å². The molecular weight excluding hydrogens is 310 g/mol. The first-order valence-electron chi connectivity index (χ1n) is 7.09. The van der Waals surface area contributed by atoms with Crippen molar-refractivity contribution in [1.82, 2.24) is 4.98 Å². The summed E-state index contributed by atoms with van der Waals surface area (Å²) in [6.07, 6.45) is 0. The second-order valence-corrected chi connectivity index (χ2v) is 5.43. The normalized spacial score (nSPS) is 10.3. The highest BCUT2D eigenvalue weighted by molar-refractivity contribution is 6.30. The Morgan fingerprint density at radius 2 is 1.48 bits per heavy atom. The van der Waals surface area contributed by atoms with Gasteiger partial charge in [-0.05, 0) is 24.3 Å². The first-order chi connectivity index (χ1) is 11.2. The predicted octanol–water partition coefficient (Wildman–Crippen LogP) is 4.86. The third-order valence-corrected chi connectivity index (χ3v) is 3.71. The molecule has 3 aromatic rings.